The van der Waals surface area contributed by atoms with Crippen molar-refractivity contribution in [1.82, 2.24) is 20.9 Å². The molecule has 148 valence electrons. The molecule has 9 heteroatoms. The fraction of sp³-hybridized carbons (Fsp3) is 0.812. The lowest BCUT2D eigenvalue weighted by Gasteiger charge is -2.20. The van der Waals surface area contributed by atoms with Crippen LogP contribution in [0.1, 0.15) is 34.6 Å². The van der Waals surface area contributed by atoms with E-state index >= 15 is 0 Å². The van der Waals surface area contributed by atoms with Gasteiger partial charge in [-0.05, 0) is 26.7 Å². The maximum absolute atomic E-state index is 11.6. The molecule has 0 saturated heterocycles. The first-order valence-corrected chi connectivity index (χ1v) is 8.20. The summed E-state index contributed by atoms with van der Waals surface area (Å²) in [6.07, 6.45) is -0.458. The lowest BCUT2D eigenvalue weighted by Crippen LogP contribution is -2.44. The molecule has 8 nitrogen and oxygen atoms in total. The molecule has 0 atom stereocenters. The van der Waals surface area contributed by atoms with Crippen LogP contribution in [0.5, 0.6) is 0 Å². The van der Waals surface area contributed by atoms with Crippen molar-refractivity contribution in [2.75, 3.05) is 40.3 Å². The minimum Gasteiger partial charge on any atom is -0.444 e. The molecule has 0 spiro atoms. The standard InChI is InChI=1S/C16H33N5O3.HI/c1-12(2)10-19-14(20-11-13(22)21(6)7)17-8-9-18-15(23)24-16(3,4)5;/h12H,8-11H2,1-7H3,(H,18,23)(H2,17,19,20);1H. The summed E-state index contributed by atoms with van der Waals surface area (Å²) in [5.41, 5.74) is -0.518. The Morgan fingerprint density at radius 2 is 1.64 bits per heavy atom. The Labute approximate surface area is 168 Å². The number of guanidine groups is 1. The number of rotatable bonds is 7. The van der Waals surface area contributed by atoms with E-state index in [1.54, 1.807) is 14.1 Å². The summed E-state index contributed by atoms with van der Waals surface area (Å²) in [4.78, 5) is 28.9. The van der Waals surface area contributed by atoms with E-state index in [0.717, 1.165) is 6.54 Å². The van der Waals surface area contributed by atoms with Crippen molar-refractivity contribution >= 4 is 41.9 Å². The normalized spacial score (nSPS) is 11.4. The number of carbonyl (C=O) groups is 2. The first kappa shape index (κ1) is 26.0. The van der Waals surface area contributed by atoms with Gasteiger partial charge in [-0.25, -0.2) is 9.79 Å². The predicted molar refractivity (Wildman–Crippen MR) is 111 cm³/mol. The molecule has 25 heavy (non-hydrogen) atoms. The van der Waals surface area contributed by atoms with E-state index in [9.17, 15) is 9.59 Å². The molecule has 0 aromatic heterocycles. The van der Waals surface area contributed by atoms with Gasteiger partial charge in [0.2, 0.25) is 5.91 Å². The second-order valence-electron chi connectivity index (χ2n) is 7.08. The molecule has 0 fully saturated rings. The van der Waals surface area contributed by atoms with Crippen molar-refractivity contribution in [1.29, 1.82) is 0 Å². The third kappa shape index (κ3) is 16.0. The molecular weight excluding hydrogens is 437 g/mol. The average molecular weight is 471 g/mol. The third-order valence-corrected chi connectivity index (χ3v) is 2.63. The van der Waals surface area contributed by atoms with E-state index < -0.39 is 11.7 Å². The van der Waals surface area contributed by atoms with Gasteiger partial charge < -0.3 is 25.6 Å². The lowest BCUT2D eigenvalue weighted by atomic mass is 10.2. The molecule has 3 N–H and O–H groups in total. The maximum atomic E-state index is 11.6. The highest BCUT2D eigenvalue weighted by Crippen LogP contribution is 2.05. The second kappa shape index (κ2) is 13.0. The van der Waals surface area contributed by atoms with Crippen LogP contribution in [0, 0.1) is 5.92 Å². The highest BCUT2D eigenvalue weighted by atomic mass is 127. The van der Waals surface area contributed by atoms with Gasteiger partial charge in [0.25, 0.3) is 0 Å². The minimum absolute atomic E-state index is 0. The topological polar surface area (TPSA) is 95.1 Å². The Bertz CT molecular complexity index is 434. The number of ether oxygens (including phenoxy) is 1. The quantitative estimate of drug-likeness (QED) is 0.226. The van der Waals surface area contributed by atoms with Crippen LogP contribution in [0.3, 0.4) is 0 Å². The largest absolute Gasteiger partial charge is 0.444 e. The number of hydrogen-bond donors (Lipinski definition) is 3. The monoisotopic (exact) mass is 471 g/mol. The van der Waals surface area contributed by atoms with Crippen molar-refractivity contribution in [2.24, 2.45) is 10.9 Å². The molecule has 0 aliphatic heterocycles. The van der Waals surface area contributed by atoms with Gasteiger partial charge in [-0.3, -0.25) is 4.79 Å². The van der Waals surface area contributed by atoms with Crippen LogP contribution in [0.15, 0.2) is 4.99 Å². The minimum atomic E-state index is -0.518. The summed E-state index contributed by atoms with van der Waals surface area (Å²) in [5.74, 6) is 0.916. The lowest BCUT2D eigenvalue weighted by molar-refractivity contribution is -0.127. The van der Waals surface area contributed by atoms with Crippen LogP contribution in [-0.4, -0.2) is 68.7 Å². The molecule has 0 aromatic carbocycles. The van der Waals surface area contributed by atoms with Crippen LogP contribution in [-0.2, 0) is 9.53 Å². The van der Waals surface area contributed by atoms with Crippen molar-refractivity contribution in [2.45, 2.75) is 40.2 Å². The molecule has 0 rings (SSSR count). The molecule has 0 unspecified atom stereocenters. The van der Waals surface area contributed by atoms with E-state index in [1.807, 2.05) is 20.8 Å². The van der Waals surface area contributed by atoms with Gasteiger partial charge in [0, 0.05) is 33.7 Å². The Hall–Kier alpha value is -1.26. The SMILES string of the molecule is CC(C)CNC(=NCC(=O)N(C)C)NCCNC(=O)OC(C)(C)C.I. The Morgan fingerprint density at radius 1 is 1.08 bits per heavy atom. The van der Waals surface area contributed by atoms with Crippen molar-refractivity contribution in [3.63, 3.8) is 0 Å². The Kier molecular flexibility index (Phi) is 13.5. The average Bonchev–Trinajstić information content (AvgIpc) is 2.42. The molecule has 0 saturated carbocycles. The highest BCUT2D eigenvalue weighted by molar-refractivity contribution is 14.0. The van der Waals surface area contributed by atoms with E-state index in [4.69, 9.17) is 4.74 Å². The van der Waals surface area contributed by atoms with E-state index in [1.165, 1.54) is 4.90 Å². The number of amides is 2. The van der Waals surface area contributed by atoms with Gasteiger partial charge >= 0.3 is 6.09 Å². The number of halogens is 1. The smallest absolute Gasteiger partial charge is 0.407 e. The Morgan fingerprint density at radius 3 is 2.12 bits per heavy atom. The predicted octanol–water partition coefficient (Wildman–Crippen LogP) is 1.41. The zero-order valence-electron chi connectivity index (χ0n) is 16.4. The molecule has 0 heterocycles. The molecule has 0 bridgehead atoms. The molecule has 0 aliphatic rings. The maximum Gasteiger partial charge on any atom is 0.407 e. The van der Waals surface area contributed by atoms with Gasteiger partial charge in [0.1, 0.15) is 12.1 Å². The number of nitrogens with zero attached hydrogens (tertiary/aromatic N) is 2. The van der Waals surface area contributed by atoms with Crippen LogP contribution >= 0.6 is 24.0 Å². The fourth-order valence-corrected chi connectivity index (χ4v) is 1.42. The number of hydrogen-bond acceptors (Lipinski definition) is 4. The molecular formula is C16H34IN5O3. The van der Waals surface area contributed by atoms with E-state index in [-0.39, 0.29) is 36.4 Å². The second-order valence-corrected chi connectivity index (χ2v) is 7.08. The number of aliphatic imine (C=N–C) groups is 1. The van der Waals surface area contributed by atoms with Crippen LogP contribution in [0.2, 0.25) is 0 Å². The third-order valence-electron chi connectivity index (χ3n) is 2.63. The first-order valence-electron chi connectivity index (χ1n) is 8.20. The summed E-state index contributed by atoms with van der Waals surface area (Å²) >= 11 is 0. The van der Waals surface area contributed by atoms with Gasteiger partial charge in [0.05, 0.1) is 0 Å². The van der Waals surface area contributed by atoms with Gasteiger partial charge in [-0.1, -0.05) is 13.8 Å². The molecule has 0 aromatic rings. The zero-order valence-corrected chi connectivity index (χ0v) is 18.8. The summed E-state index contributed by atoms with van der Waals surface area (Å²) in [5, 5.41) is 8.91. The molecule has 2 amide bonds. The van der Waals surface area contributed by atoms with Crippen molar-refractivity contribution < 1.29 is 14.3 Å². The summed E-state index contributed by atoms with van der Waals surface area (Å²) in [7, 11) is 3.38. The summed E-state index contributed by atoms with van der Waals surface area (Å²) < 4.78 is 5.16. The number of carbonyl (C=O) groups excluding carboxylic acids is 2. The number of alkyl carbamates (subject to hydrolysis) is 1. The number of nitrogens with one attached hydrogen (secondary N) is 3. The van der Waals surface area contributed by atoms with Crippen molar-refractivity contribution in [3.8, 4) is 0 Å². The van der Waals surface area contributed by atoms with E-state index in [2.05, 4.69) is 34.8 Å². The van der Waals surface area contributed by atoms with Crippen LogP contribution < -0.4 is 16.0 Å². The first-order chi connectivity index (χ1) is 11.0. The fourth-order valence-electron chi connectivity index (χ4n) is 1.42. The zero-order chi connectivity index (χ0) is 18.8. The van der Waals surface area contributed by atoms with Crippen LogP contribution in [0.4, 0.5) is 4.79 Å². The summed E-state index contributed by atoms with van der Waals surface area (Å²) in [6.45, 7) is 11.3. The van der Waals surface area contributed by atoms with Gasteiger partial charge in [0.15, 0.2) is 5.96 Å². The van der Waals surface area contributed by atoms with E-state index in [0.29, 0.717) is 25.0 Å². The molecule has 0 aliphatic carbocycles. The number of likely N-dealkylation sites (N-methyl/N-ethyl adjacent to an activating group) is 1. The molecule has 0 radical (unpaired) electrons. The van der Waals surface area contributed by atoms with Gasteiger partial charge in [-0.15, -0.1) is 24.0 Å². The van der Waals surface area contributed by atoms with Crippen molar-refractivity contribution in [3.05, 3.63) is 0 Å². The van der Waals surface area contributed by atoms with Crippen LogP contribution in [0.25, 0.3) is 0 Å². The van der Waals surface area contributed by atoms with Gasteiger partial charge in [-0.2, -0.15) is 0 Å². The highest BCUT2D eigenvalue weighted by Gasteiger charge is 2.15. The Balaban J connectivity index is 0. The summed E-state index contributed by atoms with van der Waals surface area (Å²) in [6, 6.07) is 0.